The average molecular weight is 371 g/mol. The third kappa shape index (κ3) is 7.66. The summed E-state index contributed by atoms with van der Waals surface area (Å²) in [6.45, 7) is 2.70. The molecular formula is C21H26N2O2S. The van der Waals surface area contributed by atoms with Gasteiger partial charge in [-0.15, -0.1) is 0 Å². The Labute approximate surface area is 161 Å². The number of benzene rings is 2. The van der Waals surface area contributed by atoms with Gasteiger partial charge >= 0.3 is 0 Å². The molecule has 2 aromatic carbocycles. The van der Waals surface area contributed by atoms with Gasteiger partial charge < -0.3 is 15.4 Å². The van der Waals surface area contributed by atoms with Gasteiger partial charge in [0.2, 0.25) is 5.91 Å². The first-order valence-corrected chi connectivity index (χ1v) is 9.46. The Bertz CT molecular complexity index is 704. The number of ether oxygens (including phenoxy) is 1. The van der Waals surface area contributed by atoms with Gasteiger partial charge in [0.1, 0.15) is 5.75 Å². The zero-order valence-electron chi connectivity index (χ0n) is 15.2. The quantitative estimate of drug-likeness (QED) is 0.496. The molecule has 2 rings (SSSR count). The molecule has 2 N–H and O–H groups in total. The first-order valence-electron chi connectivity index (χ1n) is 9.05. The minimum absolute atomic E-state index is 0.0577. The lowest BCUT2D eigenvalue weighted by molar-refractivity contribution is -0.119. The minimum Gasteiger partial charge on any atom is -0.494 e. The normalized spacial score (nSPS) is 10.2. The van der Waals surface area contributed by atoms with Crippen LogP contribution in [0.2, 0.25) is 0 Å². The van der Waals surface area contributed by atoms with Crippen LogP contribution in [0.5, 0.6) is 5.75 Å². The van der Waals surface area contributed by atoms with E-state index >= 15 is 0 Å². The van der Waals surface area contributed by atoms with Crippen molar-refractivity contribution < 1.29 is 9.53 Å². The van der Waals surface area contributed by atoms with Crippen molar-refractivity contribution >= 4 is 28.9 Å². The molecule has 0 aliphatic rings. The van der Waals surface area contributed by atoms with E-state index in [2.05, 4.69) is 41.8 Å². The number of rotatable bonds is 9. The lowest BCUT2D eigenvalue weighted by Crippen LogP contribution is -2.33. The summed E-state index contributed by atoms with van der Waals surface area (Å²) >= 11 is 5.18. The van der Waals surface area contributed by atoms with Crippen molar-refractivity contribution in [1.29, 1.82) is 0 Å². The second kappa shape index (κ2) is 11.3. The third-order valence-electron chi connectivity index (χ3n) is 3.82. The van der Waals surface area contributed by atoms with Crippen molar-refractivity contribution in [3.05, 3.63) is 60.2 Å². The molecule has 138 valence electrons. The number of carbonyl (C=O) groups is 1. The van der Waals surface area contributed by atoms with Gasteiger partial charge in [-0.25, -0.2) is 0 Å². The SMILES string of the molecule is CCCCC(=O)NC(=S)Nc1cccc(OCCCc2ccccc2)c1. The van der Waals surface area contributed by atoms with E-state index in [0.29, 0.717) is 18.1 Å². The highest BCUT2D eigenvalue weighted by Gasteiger charge is 2.05. The van der Waals surface area contributed by atoms with Gasteiger partial charge in [0.25, 0.3) is 0 Å². The molecular weight excluding hydrogens is 344 g/mol. The molecule has 26 heavy (non-hydrogen) atoms. The first kappa shape index (κ1) is 19.9. The number of hydrogen-bond acceptors (Lipinski definition) is 3. The fourth-order valence-electron chi connectivity index (χ4n) is 2.46. The van der Waals surface area contributed by atoms with E-state index in [-0.39, 0.29) is 5.91 Å². The van der Waals surface area contributed by atoms with E-state index in [9.17, 15) is 4.79 Å². The maximum Gasteiger partial charge on any atom is 0.226 e. The van der Waals surface area contributed by atoms with Gasteiger partial charge in [-0.2, -0.15) is 0 Å². The molecule has 0 fully saturated rings. The van der Waals surface area contributed by atoms with Gasteiger partial charge in [-0.3, -0.25) is 4.79 Å². The topological polar surface area (TPSA) is 50.4 Å². The van der Waals surface area contributed by atoms with Crippen LogP contribution in [0, 0.1) is 0 Å². The Balaban J connectivity index is 1.74. The molecule has 0 atom stereocenters. The minimum atomic E-state index is -0.0577. The highest BCUT2D eigenvalue weighted by atomic mass is 32.1. The molecule has 0 heterocycles. The zero-order chi connectivity index (χ0) is 18.6. The number of thiocarbonyl (C=S) groups is 1. The molecule has 0 bridgehead atoms. The summed E-state index contributed by atoms with van der Waals surface area (Å²) in [6.07, 6.45) is 4.28. The molecule has 0 saturated carbocycles. The third-order valence-corrected chi connectivity index (χ3v) is 4.03. The number of aryl methyl sites for hydroxylation is 1. The Hall–Kier alpha value is -2.40. The predicted octanol–water partition coefficient (Wildman–Crippen LogP) is 4.70. The molecule has 0 aliphatic carbocycles. The summed E-state index contributed by atoms with van der Waals surface area (Å²) < 4.78 is 5.81. The largest absolute Gasteiger partial charge is 0.494 e. The lowest BCUT2D eigenvalue weighted by atomic mass is 10.1. The number of carbonyl (C=O) groups excluding carboxylic acids is 1. The van der Waals surface area contributed by atoms with Crippen LogP contribution < -0.4 is 15.4 Å². The zero-order valence-corrected chi connectivity index (χ0v) is 16.0. The van der Waals surface area contributed by atoms with Gasteiger partial charge in [0.05, 0.1) is 6.61 Å². The van der Waals surface area contributed by atoms with Crippen molar-refractivity contribution in [3.63, 3.8) is 0 Å². The molecule has 2 aromatic rings. The maximum atomic E-state index is 11.7. The van der Waals surface area contributed by atoms with E-state index in [1.54, 1.807) is 0 Å². The molecule has 0 aliphatic heterocycles. The Morgan fingerprint density at radius 2 is 1.88 bits per heavy atom. The monoisotopic (exact) mass is 370 g/mol. The van der Waals surface area contributed by atoms with Crippen molar-refractivity contribution in [3.8, 4) is 5.75 Å². The lowest BCUT2D eigenvalue weighted by Gasteiger charge is -2.11. The maximum absolute atomic E-state index is 11.7. The Morgan fingerprint density at radius 1 is 1.08 bits per heavy atom. The predicted molar refractivity (Wildman–Crippen MR) is 111 cm³/mol. The number of amides is 1. The number of hydrogen-bond donors (Lipinski definition) is 2. The van der Waals surface area contributed by atoms with E-state index in [0.717, 1.165) is 37.1 Å². The van der Waals surface area contributed by atoms with Gasteiger partial charge in [0, 0.05) is 18.2 Å². The smallest absolute Gasteiger partial charge is 0.226 e. The van der Waals surface area contributed by atoms with Crippen molar-refractivity contribution in [1.82, 2.24) is 5.32 Å². The Kier molecular flexibility index (Phi) is 8.63. The number of anilines is 1. The molecule has 0 saturated heterocycles. The summed E-state index contributed by atoms with van der Waals surface area (Å²) in [5.41, 5.74) is 2.11. The highest BCUT2D eigenvalue weighted by Crippen LogP contribution is 2.17. The van der Waals surface area contributed by atoms with Crippen molar-refractivity contribution in [2.24, 2.45) is 0 Å². The molecule has 0 aromatic heterocycles. The standard InChI is InChI=1S/C21H26N2O2S/c1-2-3-14-20(24)23-21(26)22-18-12-7-13-19(16-18)25-15-8-11-17-9-5-4-6-10-17/h4-7,9-10,12-13,16H,2-3,8,11,14-15H2,1H3,(H2,22,23,24,26). The van der Waals surface area contributed by atoms with Gasteiger partial charge in [-0.05, 0) is 49.2 Å². The summed E-state index contributed by atoms with van der Waals surface area (Å²) in [5.74, 6) is 0.723. The molecule has 0 unspecified atom stereocenters. The van der Waals surface area contributed by atoms with Crippen LogP contribution >= 0.6 is 12.2 Å². The second-order valence-corrected chi connectivity index (χ2v) is 6.48. The summed E-state index contributed by atoms with van der Waals surface area (Å²) in [7, 11) is 0. The summed E-state index contributed by atoms with van der Waals surface area (Å²) in [5, 5.41) is 6.03. The fraction of sp³-hybridized carbons (Fsp3) is 0.333. The average Bonchev–Trinajstić information content (AvgIpc) is 2.64. The number of unbranched alkanes of at least 4 members (excludes halogenated alkanes) is 1. The highest BCUT2D eigenvalue weighted by molar-refractivity contribution is 7.80. The molecule has 4 nitrogen and oxygen atoms in total. The van der Waals surface area contributed by atoms with E-state index < -0.39 is 0 Å². The molecule has 5 heteroatoms. The van der Waals surface area contributed by atoms with E-state index in [1.165, 1.54) is 5.56 Å². The second-order valence-electron chi connectivity index (χ2n) is 6.07. The molecule has 1 amide bonds. The number of nitrogens with one attached hydrogen (secondary N) is 2. The molecule has 0 spiro atoms. The summed E-state index contributed by atoms with van der Waals surface area (Å²) in [4.78, 5) is 11.7. The Morgan fingerprint density at radius 3 is 2.65 bits per heavy atom. The first-order chi connectivity index (χ1) is 12.7. The van der Waals surface area contributed by atoms with Crippen LogP contribution in [-0.4, -0.2) is 17.6 Å². The van der Waals surface area contributed by atoms with Crippen molar-refractivity contribution in [2.75, 3.05) is 11.9 Å². The molecule has 0 radical (unpaired) electrons. The van der Waals surface area contributed by atoms with Crippen LogP contribution in [0.15, 0.2) is 54.6 Å². The van der Waals surface area contributed by atoms with Crippen LogP contribution in [-0.2, 0) is 11.2 Å². The fourth-order valence-corrected chi connectivity index (χ4v) is 2.70. The van der Waals surface area contributed by atoms with Crippen LogP contribution in [0.1, 0.15) is 38.2 Å². The van der Waals surface area contributed by atoms with E-state index in [1.807, 2.05) is 30.3 Å². The van der Waals surface area contributed by atoms with Crippen LogP contribution in [0.25, 0.3) is 0 Å². The van der Waals surface area contributed by atoms with Gasteiger partial charge in [0.15, 0.2) is 5.11 Å². The van der Waals surface area contributed by atoms with Crippen LogP contribution in [0.3, 0.4) is 0 Å². The van der Waals surface area contributed by atoms with Gasteiger partial charge in [-0.1, -0.05) is 49.7 Å². The van der Waals surface area contributed by atoms with E-state index in [4.69, 9.17) is 17.0 Å². The van der Waals surface area contributed by atoms with Crippen molar-refractivity contribution in [2.45, 2.75) is 39.0 Å². The summed E-state index contributed by atoms with van der Waals surface area (Å²) in [6, 6.07) is 18.0. The van der Waals surface area contributed by atoms with Crippen LogP contribution in [0.4, 0.5) is 5.69 Å².